The van der Waals surface area contributed by atoms with Crippen molar-refractivity contribution in [1.29, 1.82) is 0 Å². The maximum atomic E-state index is 13.0. The number of fused-ring (bicyclic) bond motifs is 1. The Morgan fingerprint density at radius 2 is 1.77 bits per heavy atom. The van der Waals surface area contributed by atoms with Gasteiger partial charge in [0.1, 0.15) is 0 Å². The average Bonchev–Trinajstić information content (AvgIpc) is 3.03. The monoisotopic (exact) mass is 395 g/mol. The SMILES string of the molecule is CCC(NC(=O)c1ccc2c(c1)c(C)c(C)n2Cc1cc[c]cc1)c1ccccc1. The number of amides is 1. The molecule has 151 valence electrons. The quantitative estimate of drug-likeness (QED) is 0.428. The van der Waals surface area contributed by atoms with E-state index in [2.05, 4.69) is 67.1 Å². The van der Waals surface area contributed by atoms with Crippen LogP contribution >= 0.6 is 0 Å². The summed E-state index contributed by atoms with van der Waals surface area (Å²) in [5.41, 5.74) is 6.68. The highest BCUT2D eigenvalue weighted by Crippen LogP contribution is 2.27. The topological polar surface area (TPSA) is 34.0 Å². The van der Waals surface area contributed by atoms with Crippen LogP contribution in [0.25, 0.3) is 10.9 Å². The molecular formula is C27H27N2O. The molecule has 3 aromatic carbocycles. The third-order valence-corrected chi connectivity index (χ3v) is 5.94. The number of nitrogens with one attached hydrogen (secondary N) is 1. The van der Waals surface area contributed by atoms with Gasteiger partial charge in [0, 0.05) is 28.7 Å². The van der Waals surface area contributed by atoms with Gasteiger partial charge >= 0.3 is 0 Å². The first-order chi connectivity index (χ1) is 14.6. The van der Waals surface area contributed by atoms with Gasteiger partial charge in [-0.25, -0.2) is 0 Å². The van der Waals surface area contributed by atoms with E-state index < -0.39 is 0 Å². The second kappa shape index (κ2) is 8.58. The Morgan fingerprint density at radius 1 is 1.03 bits per heavy atom. The molecule has 1 amide bonds. The highest BCUT2D eigenvalue weighted by Gasteiger charge is 2.17. The van der Waals surface area contributed by atoms with Crippen LogP contribution in [0.2, 0.25) is 0 Å². The average molecular weight is 396 g/mol. The number of hydrogen-bond donors (Lipinski definition) is 1. The molecule has 0 fully saturated rings. The molecule has 0 aliphatic rings. The summed E-state index contributed by atoms with van der Waals surface area (Å²) in [4.78, 5) is 13.0. The number of nitrogens with zero attached hydrogens (tertiary/aromatic N) is 1. The van der Waals surface area contributed by atoms with E-state index in [4.69, 9.17) is 0 Å². The second-order valence-corrected chi connectivity index (χ2v) is 7.78. The molecular weight excluding hydrogens is 368 g/mol. The highest BCUT2D eigenvalue weighted by molar-refractivity contribution is 5.99. The van der Waals surface area contributed by atoms with Crippen molar-refractivity contribution >= 4 is 16.8 Å². The maximum absolute atomic E-state index is 13.0. The third-order valence-electron chi connectivity index (χ3n) is 5.94. The Labute approximate surface area is 178 Å². The molecule has 1 atom stereocenters. The van der Waals surface area contributed by atoms with Crippen molar-refractivity contribution in [1.82, 2.24) is 9.88 Å². The summed E-state index contributed by atoms with van der Waals surface area (Å²) in [6.45, 7) is 7.18. The molecule has 0 aliphatic carbocycles. The maximum Gasteiger partial charge on any atom is 0.251 e. The summed E-state index contributed by atoms with van der Waals surface area (Å²) >= 11 is 0. The van der Waals surface area contributed by atoms with Gasteiger partial charge in [-0.3, -0.25) is 4.79 Å². The lowest BCUT2D eigenvalue weighted by Gasteiger charge is -2.17. The predicted octanol–water partition coefficient (Wildman–Crippen LogP) is 5.99. The van der Waals surface area contributed by atoms with Gasteiger partial charge in [0.2, 0.25) is 0 Å². The lowest BCUT2D eigenvalue weighted by Crippen LogP contribution is -2.28. The summed E-state index contributed by atoms with van der Waals surface area (Å²) < 4.78 is 2.32. The van der Waals surface area contributed by atoms with Crippen molar-refractivity contribution in [2.75, 3.05) is 0 Å². The fourth-order valence-corrected chi connectivity index (χ4v) is 4.05. The number of hydrogen-bond acceptors (Lipinski definition) is 1. The third kappa shape index (κ3) is 3.88. The zero-order valence-corrected chi connectivity index (χ0v) is 17.8. The molecule has 1 radical (unpaired) electrons. The van der Waals surface area contributed by atoms with Crippen LogP contribution in [0.15, 0.2) is 72.8 Å². The molecule has 4 aromatic rings. The van der Waals surface area contributed by atoms with Crippen molar-refractivity contribution in [3.8, 4) is 0 Å². The molecule has 1 unspecified atom stereocenters. The van der Waals surface area contributed by atoms with E-state index in [1.54, 1.807) is 0 Å². The number of aryl methyl sites for hydroxylation is 1. The van der Waals surface area contributed by atoms with Crippen molar-refractivity contribution < 1.29 is 4.79 Å². The van der Waals surface area contributed by atoms with E-state index in [0.717, 1.165) is 29.4 Å². The van der Waals surface area contributed by atoms with Crippen LogP contribution < -0.4 is 5.32 Å². The van der Waals surface area contributed by atoms with Gasteiger partial charge in [-0.1, -0.05) is 61.5 Å². The Morgan fingerprint density at radius 3 is 2.47 bits per heavy atom. The molecule has 0 aliphatic heterocycles. The second-order valence-electron chi connectivity index (χ2n) is 7.78. The molecule has 1 N–H and O–H groups in total. The van der Waals surface area contributed by atoms with E-state index in [9.17, 15) is 4.79 Å². The standard InChI is InChI=1S/C27H27N2O/c1-4-25(22-13-9-6-10-14-22)28-27(30)23-15-16-26-24(17-23)19(2)20(3)29(26)18-21-11-7-5-8-12-21/h6-17,25H,4,18H2,1-3H3,(H,28,30). The first-order valence-electron chi connectivity index (χ1n) is 10.5. The number of aromatic nitrogens is 1. The lowest BCUT2D eigenvalue weighted by atomic mass is 10.0. The Kier molecular flexibility index (Phi) is 5.71. The lowest BCUT2D eigenvalue weighted by molar-refractivity contribution is 0.0935. The van der Waals surface area contributed by atoms with E-state index in [1.807, 2.05) is 42.5 Å². The van der Waals surface area contributed by atoms with Crippen molar-refractivity contribution in [2.45, 2.75) is 39.8 Å². The van der Waals surface area contributed by atoms with Gasteiger partial charge in [0.25, 0.3) is 5.91 Å². The van der Waals surface area contributed by atoms with Gasteiger partial charge in [-0.15, -0.1) is 0 Å². The molecule has 0 spiro atoms. The van der Waals surface area contributed by atoms with E-state index in [-0.39, 0.29) is 11.9 Å². The first kappa shape index (κ1) is 20.0. The largest absolute Gasteiger partial charge is 0.345 e. The van der Waals surface area contributed by atoms with Crippen LogP contribution in [0.5, 0.6) is 0 Å². The van der Waals surface area contributed by atoms with Gasteiger partial charge in [0.05, 0.1) is 6.04 Å². The zero-order valence-electron chi connectivity index (χ0n) is 17.8. The van der Waals surface area contributed by atoms with E-state index in [1.165, 1.54) is 16.8 Å². The van der Waals surface area contributed by atoms with Crippen molar-refractivity contribution in [2.24, 2.45) is 0 Å². The normalized spacial score (nSPS) is 12.1. The fourth-order valence-electron chi connectivity index (χ4n) is 4.05. The smallest absolute Gasteiger partial charge is 0.251 e. The zero-order chi connectivity index (χ0) is 21.1. The molecule has 1 heterocycles. The Balaban J connectivity index is 1.63. The van der Waals surface area contributed by atoms with Crippen molar-refractivity contribution in [3.63, 3.8) is 0 Å². The molecule has 3 nitrogen and oxygen atoms in total. The number of rotatable bonds is 6. The van der Waals surface area contributed by atoms with Crippen molar-refractivity contribution in [3.05, 3.63) is 107 Å². The summed E-state index contributed by atoms with van der Waals surface area (Å²) in [5.74, 6) is -0.0315. The molecule has 30 heavy (non-hydrogen) atoms. The summed E-state index contributed by atoms with van der Waals surface area (Å²) in [6, 6.07) is 27.3. The summed E-state index contributed by atoms with van der Waals surface area (Å²) in [6.07, 6.45) is 0.848. The van der Waals surface area contributed by atoms with Crippen LogP contribution in [0, 0.1) is 19.9 Å². The molecule has 3 heteroatoms. The minimum atomic E-state index is -0.0315. The molecule has 0 bridgehead atoms. The molecule has 0 saturated heterocycles. The van der Waals surface area contributed by atoms with Crippen LogP contribution in [0.1, 0.15) is 52.1 Å². The highest BCUT2D eigenvalue weighted by atomic mass is 16.1. The van der Waals surface area contributed by atoms with Gasteiger partial charge in [-0.05, 0) is 61.2 Å². The van der Waals surface area contributed by atoms with Crippen LogP contribution in [0.4, 0.5) is 0 Å². The first-order valence-corrected chi connectivity index (χ1v) is 10.5. The minimum absolute atomic E-state index is 0.0108. The van der Waals surface area contributed by atoms with E-state index in [0.29, 0.717) is 5.56 Å². The number of carbonyl (C=O) groups is 1. The molecule has 0 saturated carbocycles. The Hall–Kier alpha value is -3.33. The summed E-state index contributed by atoms with van der Waals surface area (Å²) in [5, 5.41) is 4.33. The van der Waals surface area contributed by atoms with Crippen LogP contribution in [-0.4, -0.2) is 10.5 Å². The van der Waals surface area contributed by atoms with Gasteiger partial charge in [-0.2, -0.15) is 0 Å². The minimum Gasteiger partial charge on any atom is -0.345 e. The fraction of sp³-hybridized carbons (Fsp3) is 0.222. The van der Waals surface area contributed by atoms with Crippen LogP contribution in [0.3, 0.4) is 0 Å². The predicted molar refractivity (Wildman–Crippen MR) is 123 cm³/mol. The van der Waals surface area contributed by atoms with E-state index >= 15 is 0 Å². The summed E-state index contributed by atoms with van der Waals surface area (Å²) in [7, 11) is 0. The van der Waals surface area contributed by atoms with Gasteiger partial charge < -0.3 is 9.88 Å². The Bertz CT molecular complexity index is 1160. The molecule has 4 rings (SSSR count). The van der Waals surface area contributed by atoms with Gasteiger partial charge in [0.15, 0.2) is 0 Å². The number of benzene rings is 3. The van der Waals surface area contributed by atoms with Crippen LogP contribution in [-0.2, 0) is 6.54 Å². The molecule has 1 aromatic heterocycles. The number of carbonyl (C=O) groups excluding carboxylic acids is 1.